The zero-order valence-electron chi connectivity index (χ0n) is 30.0. The summed E-state index contributed by atoms with van der Waals surface area (Å²) in [5.41, 5.74) is -1.31. The minimum atomic E-state index is -1.26. The fraction of sp³-hybridized carbons (Fsp3) is 0.632. The van der Waals surface area contributed by atoms with Gasteiger partial charge in [0.15, 0.2) is 0 Å². The number of aliphatic hydroxyl groups excluding tert-OH is 1. The molecule has 3 fully saturated rings. The third kappa shape index (κ3) is 7.94. The Labute approximate surface area is 291 Å². The van der Waals surface area contributed by atoms with Crippen LogP contribution in [0.4, 0.5) is 0 Å². The van der Waals surface area contributed by atoms with Gasteiger partial charge in [-0.05, 0) is 50.5 Å². The highest BCUT2D eigenvalue weighted by molar-refractivity contribution is 5.98. The second kappa shape index (κ2) is 15.6. The van der Waals surface area contributed by atoms with E-state index in [9.17, 15) is 24.3 Å². The average Bonchev–Trinajstić information content (AvgIpc) is 3.67. The van der Waals surface area contributed by atoms with E-state index in [0.717, 1.165) is 0 Å². The van der Waals surface area contributed by atoms with E-state index in [2.05, 4.69) is 39.2 Å². The van der Waals surface area contributed by atoms with Crippen LogP contribution in [0.2, 0.25) is 0 Å². The maximum atomic E-state index is 14.7. The lowest BCUT2D eigenvalue weighted by Gasteiger charge is -2.45. The quantitative estimate of drug-likeness (QED) is 0.187. The van der Waals surface area contributed by atoms with Gasteiger partial charge in [0.2, 0.25) is 17.7 Å². The van der Waals surface area contributed by atoms with E-state index in [1.807, 2.05) is 32.0 Å². The molecule has 1 aromatic rings. The summed E-state index contributed by atoms with van der Waals surface area (Å²) >= 11 is 0. The number of rotatable bonds is 17. The van der Waals surface area contributed by atoms with E-state index in [4.69, 9.17) is 14.2 Å². The third-order valence-electron chi connectivity index (χ3n) is 9.92. The van der Waals surface area contributed by atoms with Gasteiger partial charge in [-0.1, -0.05) is 63.3 Å². The second-order valence-electron chi connectivity index (χ2n) is 15.3. The Kier molecular flexibility index (Phi) is 12.2. The Morgan fingerprint density at radius 3 is 2.45 bits per heavy atom. The molecule has 3 saturated heterocycles. The van der Waals surface area contributed by atoms with Crippen molar-refractivity contribution in [2.45, 2.75) is 102 Å². The fourth-order valence-electron chi connectivity index (χ4n) is 8.48. The molecule has 1 aromatic carbocycles. The first kappa shape index (κ1) is 38.3. The molecule has 4 rings (SSSR count). The number of amides is 3. The molecular weight excluding hydrogens is 626 g/mol. The van der Waals surface area contributed by atoms with Gasteiger partial charge >= 0.3 is 5.97 Å². The molecule has 7 atom stereocenters. The number of carbonyl (C=O) groups excluding carboxylic acids is 4. The number of ether oxygens (including phenoxy) is 3. The number of hydrogen-bond donors (Lipinski definition) is 2. The number of carbonyl (C=O) groups is 4. The highest BCUT2D eigenvalue weighted by atomic mass is 16.6. The summed E-state index contributed by atoms with van der Waals surface area (Å²) in [6.45, 7) is 17.8. The Balaban J connectivity index is 1.70. The van der Waals surface area contributed by atoms with E-state index in [0.29, 0.717) is 31.2 Å². The van der Waals surface area contributed by atoms with Gasteiger partial charge in [-0.2, -0.15) is 0 Å². The van der Waals surface area contributed by atoms with Crippen LogP contribution < -0.4 is 5.32 Å². The van der Waals surface area contributed by atoms with Gasteiger partial charge in [0.05, 0.1) is 37.2 Å². The standard InChI is InChI=1S/C38H55N3O8/c1-9-11-17-28(43)39-26(23-47-8)31(25-15-13-12-14-16-25)48-35(46)29-27-18-19-38(49-27)30(29)33(44)40(21-22-42)32(38)34(45)41(20-10-2)37(6,7)24-36(3,4)5/h9-10,12-16,26-27,29-32,42H,1-2,11,17-24H2,3-8H3,(H,39,43)/t26-,27+,29-,30-,31-,32+,38-/m1/s1. The largest absolute Gasteiger partial charge is 0.455 e. The van der Waals surface area contributed by atoms with E-state index in [1.54, 1.807) is 29.2 Å². The van der Waals surface area contributed by atoms with E-state index in [-0.39, 0.29) is 50.0 Å². The van der Waals surface area contributed by atoms with Gasteiger partial charge in [0.1, 0.15) is 17.7 Å². The first-order valence-corrected chi connectivity index (χ1v) is 17.3. The number of nitrogens with zero attached hydrogens (tertiary/aromatic N) is 2. The predicted molar refractivity (Wildman–Crippen MR) is 185 cm³/mol. The molecule has 0 unspecified atom stereocenters. The summed E-state index contributed by atoms with van der Waals surface area (Å²) in [5.74, 6) is -3.56. The number of nitrogens with one attached hydrogen (secondary N) is 1. The molecule has 49 heavy (non-hydrogen) atoms. The topological polar surface area (TPSA) is 135 Å². The van der Waals surface area contributed by atoms with Crippen molar-refractivity contribution in [3.8, 4) is 0 Å². The first-order chi connectivity index (χ1) is 23.2. The van der Waals surface area contributed by atoms with Gasteiger partial charge < -0.3 is 34.4 Å². The van der Waals surface area contributed by atoms with E-state index < -0.39 is 59.1 Å². The summed E-state index contributed by atoms with van der Waals surface area (Å²) in [7, 11) is 1.50. The third-order valence-corrected chi connectivity index (χ3v) is 9.92. The van der Waals surface area contributed by atoms with Gasteiger partial charge in [0, 0.05) is 32.2 Å². The molecule has 1 spiro atoms. The van der Waals surface area contributed by atoms with Crippen LogP contribution in [0.25, 0.3) is 0 Å². The Morgan fingerprint density at radius 1 is 1.16 bits per heavy atom. The van der Waals surface area contributed by atoms with Crippen molar-refractivity contribution in [2.75, 3.05) is 33.4 Å². The van der Waals surface area contributed by atoms with Gasteiger partial charge in [-0.3, -0.25) is 19.2 Å². The van der Waals surface area contributed by atoms with Crippen LogP contribution in [0.5, 0.6) is 0 Å². The number of esters is 1. The van der Waals surface area contributed by atoms with Crippen LogP contribution in [0, 0.1) is 17.3 Å². The number of fused-ring (bicyclic) bond motifs is 1. The van der Waals surface area contributed by atoms with Crippen molar-refractivity contribution in [3.05, 3.63) is 61.2 Å². The monoisotopic (exact) mass is 681 g/mol. The minimum absolute atomic E-state index is 0.0634. The molecule has 11 heteroatoms. The number of benzene rings is 1. The van der Waals surface area contributed by atoms with Gasteiger partial charge in [0.25, 0.3) is 0 Å². The Bertz CT molecular complexity index is 1370. The number of likely N-dealkylation sites (tertiary alicyclic amines) is 1. The lowest BCUT2D eigenvalue weighted by atomic mass is 9.70. The summed E-state index contributed by atoms with van der Waals surface area (Å²) in [6.07, 6.45) is 4.01. The van der Waals surface area contributed by atoms with Crippen LogP contribution in [0.1, 0.15) is 78.4 Å². The van der Waals surface area contributed by atoms with E-state index in [1.165, 1.54) is 12.0 Å². The lowest BCUT2D eigenvalue weighted by molar-refractivity contribution is -0.163. The maximum Gasteiger partial charge on any atom is 0.313 e. The van der Waals surface area contributed by atoms with Gasteiger partial charge in [-0.15, -0.1) is 13.2 Å². The van der Waals surface area contributed by atoms with Crippen molar-refractivity contribution in [3.63, 3.8) is 0 Å². The molecule has 3 heterocycles. The summed E-state index contributed by atoms with van der Waals surface area (Å²) in [5, 5.41) is 13.0. The van der Waals surface area contributed by atoms with Crippen LogP contribution >= 0.6 is 0 Å². The predicted octanol–water partition coefficient (Wildman–Crippen LogP) is 3.96. The molecule has 3 aliphatic rings. The van der Waals surface area contributed by atoms with E-state index >= 15 is 0 Å². The minimum Gasteiger partial charge on any atom is -0.455 e. The Morgan fingerprint density at radius 2 is 1.86 bits per heavy atom. The number of methoxy groups -OCH3 is 1. The maximum absolute atomic E-state index is 14.7. The summed E-state index contributed by atoms with van der Waals surface area (Å²) in [4.78, 5) is 59.4. The number of hydrogen-bond acceptors (Lipinski definition) is 8. The lowest BCUT2D eigenvalue weighted by Crippen LogP contribution is -2.61. The zero-order chi connectivity index (χ0) is 36.1. The number of aliphatic hydroxyl groups is 1. The molecule has 270 valence electrons. The van der Waals surface area contributed by atoms with Crippen LogP contribution in [-0.2, 0) is 33.4 Å². The molecule has 2 N–H and O–H groups in total. The molecular formula is C38H55N3O8. The summed E-state index contributed by atoms with van der Waals surface area (Å²) < 4.78 is 18.3. The van der Waals surface area contributed by atoms with Crippen LogP contribution in [0.3, 0.4) is 0 Å². The fourth-order valence-corrected chi connectivity index (χ4v) is 8.48. The van der Waals surface area contributed by atoms with Crippen LogP contribution in [-0.4, -0.2) is 101 Å². The molecule has 0 aliphatic carbocycles. The summed E-state index contributed by atoms with van der Waals surface area (Å²) in [6, 6.07) is 7.33. The highest BCUT2D eigenvalue weighted by Crippen LogP contribution is 2.59. The van der Waals surface area contributed by atoms with Crippen molar-refractivity contribution >= 4 is 23.7 Å². The molecule has 3 aliphatic heterocycles. The molecule has 0 saturated carbocycles. The number of β-amino-alcohol motifs (C(OH)–C–C–N with tert-alkyl or cyclic N) is 1. The van der Waals surface area contributed by atoms with Crippen molar-refractivity contribution in [1.82, 2.24) is 15.1 Å². The van der Waals surface area contributed by atoms with Crippen molar-refractivity contribution in [1.29, 1.82) is 0 Å². The first-order valence-electron chi connectivity index (χ1n) is 17.3. The molecule has 2 bridgehead atoms. The van der Waals surface area contributed by atoms with Crippen molar-refractivity contribution < 1.29 is 38.5 Å². The molecule has 0 aromatic heterocycles. The normalized spacial score (nSPS) is 25.8. The molecule has 3 amide bonds. The highest BCUT2D eigenvalue weighted by Gasteiger charge is 2.75. The molecule has 0 radical (unpaired) electrons. The Hall–Kier alpha value is -3.54. The SMILES string of the molecule is C=CCCC(=O)N[C@H](COC)[C@H](OC(=O)[C@@H]1[C@@H]2CC[C@]3(O2)[C@H](C(=O)N(CC=C)C(C)(C)CC(C)(C)C)N(CCO)C(=O)[C@@H]13)c1ccccc1. The zero-order valence-corrected chi connectivity index (χ0v) is 30.0. The molecule has 11 nitrogen and oxygen atoms in total. The van der Waals surface area contributed by atoms with Crippen LogP contribution in [0.15, 0.2) is 55.6 Å². The van der Waals surface area contributed by atoms with Gasteiger partial charge in [-0.25, -0.2) is 0 Å². The number of allylic oxidation sites excluding steroid dienone is 1. The average molecular weight is 682 g/mol. The van der Waals surface area contributed by atoms with Crippen molar-refractivity contribution in [2.24, 2.45) is 17.3 Å². The smallest absolute Gasteiger partial charge is 0.313 e. The second-order valence-corrected chi connectivity index (χ2v) is 15.3.